The number of hydrogen-bond donors (Lipinski definition) is 0. The molecule has 1 aliphatic heterocycles. The summed E-state index contributed by atoms with van der Waals surface area (Å²) in [6.07, 6.45) is 2.24. The molecule has 0 aromatic heterocycles. The van der Waals surface area contributed by atoms with Gasteiger partial charge in [0.2, 0.25) is 0 Å². The van der Waals surface area contributed by atoms with Crippen molar-refractivity contribution in [3.63, 3.8) is 0 Å². The molecular weight excluding hydrogens is 263 g/mol. The molecule has 4 heteroatoms. The SMILES string of the molecule is C[S][Sn][S]C1CSC1. The van der Waals surface area contributed by atoms with Crippen LogP contribution in [0.3, 0.4) is 0 Å². The molecule has 0 aliphatic carbocycles. The first kappa shape index (κ1) is 7.95. The summed E-state index contributed by atoms with van der Waals surface area (Å²) in [5.74, 6) is 2.87. The van der Waals surface area contributed by atoms with Crippen LogP contribution in [0.4, 0.5) is 0 Å². The van der Waals surface area contributed by atoms with E-state index >= 15 is 0 Å². The monoisotopic (exact) mass is 272 g/mol. The molecule has 1 saturated heterocycles. The fourth-order valence-corrected chi connectivity index (χ4v) is 12.3. The van der Waals surface area contributed by atoms with Crippen molar-refractivity contribution in [2.24, 2.45) is 0 Å². The van der Waals surface area contributed by atoms with Gasteiger partial charge in [-0.3, -0.25) is 0 Å². The van der Waals surface area contributed by atoms with Crippen LogP contribution in [0.1, 0.15) is 0 Å². The molecule has 0 amide bonds. The molecule has 0 N–H and O–H groups in total. The minimum atomic E-state index is -0.000348. The Kier molecular flexibility index (Phi) is 4.60. The molecule has 0 nitrogen and oxygen atoms in total. The zero-order chi connectivity index (χ0) is 5.82. The summed E-state index contributed by atoms with van der Waals surface area (Å²) in [4.78, 5) is 0. The topological polar surface area (TPSA) is 0 Å². The first-order valence-electron chi connectivity index (χ1n) is 2.45. The average molecular weight is 271 g/mol. The predicted molar refractivity (Wildman–Crippen MR) is 48.0 cm³/mol. The number of rotatable bonds is 3. The van der Waals surface area contributed by atoms with Crippen LogP contribution in [-0.2, 0) is 0 Å². The maximum absolute atomic E-state index is 2.28. The summed E-state index contributed by atoms with van der Waals surface area (Å²) in [7, 11) is 4.38. The fourth-order valence-electron chi connectivity index (χ4n) is 0.398. The summed E-state index contributed by atoms with van der Waals surface area (Å²) < 4.78 is 0. The van der Waals surface area contributed by atoms with E-state index in [0.717, 1.165) is 5.25 Å². The Morgan fingerprint density at radius 1 is 1.62 bits per heavy atom. The van der Waals surface area contributed by atoms with Gasteiger partial charge in [0, 0.05) is 0 Å². The number of thioether (sulfide) groups is 1. The van der Waals surface area contributed by atoms with Gasteiger partial charge in [0.05, 0.1) is 0 Å². The molecule has 0 aromatic carbocycles. The van der Waals surface area contributed by atoms with E-state index in [4.69, 9.17) is 0 Å². The van der Waals surface area contributed by atoms with Gasteiger partial charge in [-0.2, -0.15) is 0 Å². The quantitative estimate of drug-likeness (QED) is 0.717. The van der Waals surface area contributed by atoms with Crippen LogP contribution in [0.15, 0.2) is 0 Å². The van der Waals surface area contributed by atoms with Gasteiger partial charge in [-0.15, -0.1) is 0 Å². The molecule has 0 aromatic rings. The van der Waals surface area contributed by atoms with Crippen molar-refractivity contribution in [1.29, 1.82) is 0 Å². The van der Waals surface area contributed by atoms with Crippen molar-refractivity contribution >= 4 is 48.0 Å². The summed E-state index contributed by atoms with van der Waals surface area (Å²) in [5.41, 5.74) is 0. The predicted octanol–water partition coefficient (Wildman–Crippen LogP) is 1.73. The molecule has 8 heavy (non-hydrogen) atoms. The van der Waals surface area contributed by atoms with E-state index < -0.39 is 0 Å². The van der Waals surface area contributed by atoms with Crippen molar-refractivity contribution in [1.82, 2.24) is 0 Å². The molecule has 0 saturated carbocycles. The fraction of sp³-hybridized carbons (Fsp3) is 1.00. The summed E-state index contributed by atoms with van der Waals surface area (Å²) in [5, 5.41) is 1.07. The average Bonchev–Trinajstić information content (AvgIpc) is 1.63. The van der Waals surface area contributed by atoms with Crippen molar-refractivity contribution in [3.8, 4) is 0 Å². The Bertz CT molecular complexity index is 64.3. The molecule has 1 aliphatic rings. The van der Waals surface area contributed by atoms with Crippen molar-refractivity contribution in [2.75, 3.05) is 17.8 Å². The molecule has 0 spiro atoms. The van der Waals surface area contributed by atoms with E-state index in [0.29, 0.717) is 0 Å². The van der Waals surface area contributed by atoms with Gasteiger partial charge >= 0.3 is 71.0 Å². The first-order valence-corrected chi connectivity index (χ1v) is 12.7. The number of hydrogen-bond acceptors (Lipinski definition) is 3. The molecular formula is C4H8S3Sn. The van der Waals surface area contributed by atoms with Gasteiger partial charge in [-0.25, -0.2) is 0 Å². The van der Waals surface area contributed by atoms with Crippen LogP contribution in [-0.4, -0.2) is 41.4 Å². The van der Waals surface area contributed by atoms with Crippen LogP contribution in [0.2, 0.25) is 0 Å². The van der Waals surface area contributed by atoms with Gasteiger partial charge < -0.3 is 0 Å². The third-order valence-electron chi connectivity index (χ3n) is 0.906. The Morgan fingerprint density at radius 3 is 2.75 bits per heavy atom. The first-order chi connectivity index (χ1) is 3.93. The Labute approximate surface area is 70.4 Å². The standard InChI is InChI=1S/C3H6S2.CH4S.Sn/c4-3-1-5-2-3;1-2;/h3-4H,1-2H2;2H,1H3;/q;;+2/p-2. The van der Waals surface area contributed by atoms with Gasteiger partial charge in [0.15, 0.2) is 0 Å². The van der Waals surface area contributed by atoms with Crippen LogP contribution < -0.4 is 0 Å². The van der Waals surface area contributed by atoms with Gasteiger partial charge in [0.25, 0.3) is 0 Å². The van der Waals surface area contributed by atoms with Gasteiger partial charge in [0.1, 0.15) is 0 Å². The van der Waals surface area contributed by atoms with Crippen LogP contribution in [0.5, 0.6) is 0 Å². The Morgan fingerprint density at radius 2 is 2.38 bits per heavy atom. The normalized spacial score (nSPS) is 20.6. The molecule has 46 valence electrons. The molecule has 0 atom stereocenters. The van der Waals surface area contributed by atoms with E-state index in [-0.39, 0.29) is 18.4 Å². The van der Waals surface area contributed by atoms with Gasteiger partial charge in [-0.1, -0.05) is 0 Å². The Hall–Kier alpha value is 1.85. The van der Waals surface area contributed by atoms with Crippen LogP contribution in [0, 0.1) is 0 Å². The van der Waals surface area contributed by atoms with E-state index in [9.17, 15) is 0 Å². The van der Waals surface area contributed by atoms with E-state index in [1.54, 1.807) is 0 Å². The second-order valence-electron chi connectivity index (χ2n) is 1.56. The van der Waals surface area contributed by atoms with Crippen LogP contribution >= 0.6 is 29.7 Å². The second-order valence-corrected chi connectivity index (χ2v) is 14.4. The summed E-state index contributed by atoms with van der Waals surface area (Å²) in [6, 6.07) is 0. The third kappa shape index (κ3) is 2.62. The second kappa shape index (κ2) is 4.63. The zero-order valence-electron chi connectivity index (χ0n) is 4.72. The zero-order valence-corrected chi connectivity index (χ0v) is 10.0. The maximum atomic E-state index is 2.28. The third-order valence-corrected chi connectivity index (χ3v) is 13.9. The van der Waals surface area contributed by atoms with E-state index in [2.05, 4.69) is 35.9 Å². The molecule has 0 unspecified atom stereocenters. The molecule has 1 rings (SSSR count). The summed E-state index contributed by atoms with van der Waals surface area (Å²) in [6.45, 7) is 0. The minimum absolute atomic E-state index is 0.000348. The molecule has 1 heterocycles. The molecule has 2 radical (unpaired) electrons. The van der Waals surface area contributed by atoms with E-state index in [1.165, 1.54) is 11.5 Å². The van der Waals surface area contributed by atoms with Crippen molar-refractivity contribution in [3.05, 3.63) is 0 Å². The van der Waals surface area contributed by atoms with Crippen molar-refractivity contribution < 1.29 is 0 Å². The molecule has 1 fully saturated rings. The van der Waals surface area contributed by atoms with Gasteiger partial charge in [-0.05, 0) is 0 Å². The summed E-state index contributed by atoms with van der Waals surface area (Å²) >= 11 is 2.09. The molecule has 0 bridgehead atoms. The van der Waals surface area contributed by atoms with Crippen molar-refractivity contribution in [2.45, 2.75) is 5.25 Å². The van der Waals surface area contributed by atoms with Crippen LogP contribution in [0.25, 0.3) is 0 Å². The van der Waals surface area contributed by atoms with E-state index in [1.807, 2.05) is 0 Å². The Balaban J connectivity index is 1.86.